The highest BCUT2D eigenvalue weighted by molar-refractivity contribution is 7.11. The molecule has 1 aliphatic rings. The van der Waals surface area contributed by atoms with Gasteiger partial charge in [0, 0.05) is 43.7 Å². The van der Waals surface area contributed by atoms with E-state index in [1.165, 1.54) is 4.88 Å². The lowest BCUT2D eigenvalue weighted by Gasteiger charge is -2.34. The summed E-state index contributed by atoms with van der Waals surface area (Å²) >= 11 is 1.77. The Morgan fingerprint density at radius 3 is 3.00 bits per heavy atom. The zero-order chi connectivity index (χ0) is 18.1. The van der Waals surface area contributed by atoms with E-state index in [2.05, 4.69) is 29.0 Å². The van der Waals surface area contributed by atoms with Crippen molar-refractivity contribution in [1.29, 1.82) is 0 Å². The van der Waals surface area contributed by atoms with E-state index in [1.54, 1.807) is 11.3 Å². The molecular formula is C18H30N4O2S. The van der Waals surface area contributed by atoms with Crippen molar-refractivity contribution in [3.8, 4) is 0 Å². The molecule has 6 nitrogen and oxygen atoms in total. The minimum atomic E-state index is -0.0853. The number of esters is 1. The fourth-order valence-corrected chi connectivity index (χ4v) is 3.78. The third-order valence-electron chi connectivity index (χ3n) is 4.21. The quantitative estimate of drug-likeness (QED) is 0.456. The van der Waals surface area contributed by atoms with E-state index in [9.17, 15) is 4.79 Å². The van der Waals surface area contributed by atoms with Crippen LogP contribution in [0.2, 0.25) is 0 Å². The summed E-state index contributed by atoms with van der Waals surface area (Å²) in [7, 11) is 0. The molecule has 140 valence electrons. The van der Waals surface area contributed by atoms with Crippen LogP contribution in [0.5, 0.6) is 0 Å². The van der Waals surface area contributed by atoms with Gasteiger partial charge in [-0.05, 0) is 33.1 Å². The Labute approximate surface area is 154 Å². The molecule has 1 unspecified atom stereocenters. The van der Waals surface area contributed by atoms with Crippen molar-refractivity contribution in [3.05, 3.63) is 16.1 Å². The monoisotopic (exact) mass is 366 g/mol. The molecule has 2 rings (SSSR count). The van der Waals surface area contributed by atoms with Gasteiger partial charge in [0.1, 0.15) is 0 Å². The van der Waals surface area contributed by atoms with Crippen molar-refractivity contribution in [2.24, 2.45) is 10.9 Å². The number of aromatic nitrogens is 1. The second-order valence-corrected chi connectivity index (χ2v) is 7.30. The highest BCUT2D eigenvalue weighted by atomic mass is 32.1. The Bertz CT molecular complexity index is 573. The summed E-state index contributed by atoms with van der Waals surface area (Å²) in [5, 5.41) is 4.49. The number of carbonyl (C=O) groups is 1. The maximum absolute atomic E-state index is 12.0. The number of guanidine groups is 1. The number of thiazole rings is 1. The first-order valence-electron chi connectivity index (χ1n) is 9.31. The van der Waals surface area contributed by atoms with Crippen molar-refractivity contribution in [3.63, 3.8) is 0 Å². The molecule has 0 saturated carbocycles. The first-order chi connectivity index (χ1) is 12.2. The van der Waals surface area contributed by atoms with Crippen LogP contribution in [0.25, 0.3) is 0 Å². The topological polar surface area (TPSA) is 66.8 Å². The van der Waals surface area contributed by atoms with Gasteiger partial charge in [0.2, 0.25) is 0 Å². The van der Waals surface area contributed by atoms with Gasteiger partial charge in [-0.15, -0.1) is 11.3 Å². The van der Waals surface area contributed by atoms with Crippen LogP contribution in [-0.4, -0.2) is 54.6 Å². The van der Waals surface area contributed by atoms with Gasteiger partial charge in [-0.1, -0.05) is 6.92 Å². The minimum absolute atomic E-state index is 0.0522. The molecule has 0 bridgehead atoms. The van der Waals surface area contributed by atoms with Gasteiger partial charge in [0.05, 0.1) is 17.5 Å². The first kappa shape index (κ1) is 19.7. The summed E-state index contributed by atoms with van der Waals surface area (Å²) in [6.07, 6.45) is 5.73. The molecule has 0 radical (unpaired) electrons. The summed E-state index contributed by atoms with van der Waals surface area (Å²) in [4.78, 5) is 24.8. The maximum atomic E-state index is 12.0. The lowest BCUT2D eigenvalue weighted by molar-refractivity contribution is -0.149. The molecule has 0 aromatic carbocycles. The number of hydrogen-bond acceptors (Lipinski definition) is 5. The van der Waals surface area contributed by atoms with E-state index >= 15 is 0 Å². The van der Waals surface area contributed by atoms with Crippen molar-refractivity contribution < 1.29 is 9.53 Å². The molecule has 0 amide bonds. The van der Waals surface area contributed by atoms with Crippen molar-refractivity contribution in [2.75, 3.05) is 32.8 Å². The highest BCUT2D eigenvalue weighted by Gasteiger charge is 2.28. The maximum Gasteiger partial charge on any atom is 0.310 e. The number of likely N-dealkylation sites (tertiary alicyclic amines) is 1. The van der Waals surface area contributed by atoms with E-state index < -0.39 is 0 Å². The van der Waals surface area contributed by atoms with Crippen LogP contribution in [0.3, 0.4) is 0 Å². The van der Waals surface area contributed by atoms with E-state index in [-0.39, 0.29) is 11.9 Å². The third kappa shape index (κ3) is 5.99. The van der Waals surface area contributed by atoms with Gasteiger partial charge in [-0.3, -0.25) is 9.79 Å². The molecule has 1 atom stereocenters. The number of ether oxygens (including phenoxy) is 1. The van der Waals surface area contributed by atoms with Gasteiger partial charge >= 0.3 is 5.97 Å². The molecule has 2 heterocycles. The Balaban J connectivity index is 1.94. The van der Waals surface area contributed by atoms with E-state index in [0.717, 1.165) is 49.7 Å². The minimum Gasteiger partial charge on any atom is -0.466 e. The lowest BCUT2D eigenvalue weighted by Crippen LogP contribution is -2.48. The van der Waals surface area contributed by atoms with Gasteiger partial charge in [-0.2, -0.15) is 0 Å². The summed E-state index contributed by atoms with van der Waals surface area (Å²) in [5.74, 6) is 0.755. The van der Waals surface area contributed by atoms with Gasteiger partial charge in [0.15, 0.2) is 5.96 Å². The van der Waals surface area contributed by atoms with Crippen molar-refractivity contribution in [1.82, 2.24) is 15.2 Å². The Morgan fingerprint density at radius 1 is 1.48 bits per heavy atom. The molecule has 1 aliphatic heterocycles. The average Bonchev–Trinajstić information content (AvgIpc) is 3.09. The zero-order valence-corrected chi connectivity index (χ0v) is 16.4. The summed E-state index contributed by atoms with van der Waals surface area (Å²) in [6, 6.07) is 0. The van der Waals surface area contributed by atoms with Crippen LogP contribution < -0.4 is 5.32 Å². The van der Waals surface area contributed by atoms with Crippen LogP contribution in [0.1, 0.15) is 43.5 Å². The fraction of sp³-hybridized carbons (Fsp3) is 0.722. The summed E-state index contributed by atoms with van der Waals surface area (Å²) < 4.78 is 5.19. The third-order valence-corrected chi connectivity index (χ3v) is 5.41. The molecule has 1 aromatic heterocycles. The van der Waals surface area contributed by atoms with E-state index in [4.69, 9.17) is 9.73 Å². The SMILES string of the molecule is CCNC(=NCCc1ncc(CC)s1)N1CCCC(C(=O)OCC)C1. The predicted octanol–water partition coefficient (Wildman–Crippen LogP) is 2.49. The molecular weight excluding hydrogens is 336 g/mol. The lowest BCUT2D eigenvalue weighted by atomic mass is 9.98. The average molecular weight is 367 g/mol. The molecule has 0 spiro atoms. The largest absolute Gasteiger partial charge is 0.466 e. The Kier molecular flexibility index (Phi) is 8.18. The van der Waals surface area contributed by atoms with Crippen LogP contribution in [0.15, 0.2) is 11.2 Å². The summed E-state index contributed by atoms with van der Waals surface area (Å²) in [6.45, 7) is 9.65. The number of nitrogens with zero attached hydrogens (tertiary/aromatic N) is 3. The normalized spacial score (nSPS) is 18.3. The number of rotatable bonds is 7. The van der Waals surface area contributed by atoms with Gasteiger partial charge in [-0.25, -0.2) is 4.98 Å². The number of hydrogen-bond donors (Lipinski definition) is 1. The molecule has 1 fully saturated rings. The molecule has 1 aromatic rings. The van der Waals surface area contributed by atoms with Crippen LogP contribution in [0.4, 0.5) is 0 Å². The Hall–Kier alpha value is -1.63. The molecule has 1 N–H and O–H groups in total. The second-order valence-electron chi connectivity index (χ2n) is 6.10. The van der Waals surface area contributed by atoms with Crippen LogP contribution in [0, 0.1) is 5.92 Å². The molecule has 25 heavy (non-hydrogen) atoms. The van der Waals surface area contributed by atoms with Crippen LogP contribution >= 0.6 is 11.3 Å². The van der Waals surface area contributed by atoms with E-state index in [0.29, 0.717) is 19.7 Å². The summed E-state index contributed by atoms with van der Waals surface area (Å²) in [5.41, 5.74) is 0. The predicted molar refractivity (Wildman–Crippen MR) is 102 cm³/mol. The molecule has 1 saturated heterocycles. The van der Waals surface area contributed by atoms with Gasteiger partial charge in [0.25, 0.3) is 0 Å². The number of piperidine rings is 1. The first-order valence-corrected chi connectivity index (χ1v) is 10.1. The number of nitrogens with one attached hydrogen (secondary N) is 1. The second kappa shape index (κ2) is 10.4. The fourth-order valence-electron chi connectivity index (χ4n) is 2.93. The van der Waals surface area contributed by atoms with Crippen molar-refractivity contribution in [2.45, 2.75) is 46.5 Å². The standard InChI is InChI=1S/C18H30N4O2S/c1-4-15-12-21-16(25-15)9-10-20-18(19-5-2)22-11-7-8-14(13-22)17(23)24-6-3/h12,14H,4-11,13H2,1-3H3,(H,19,20). The zero-order valence-electron chi connectivity index (χ0n) is 15.6. The van der Waals surface area contributed by atoms with Gasteiger partial charge < -0.3 is 15.0 Å². The highest BCUT2D eigenvalue weighted by Crippen LogP contribution is 2.18. The number of aryl methyl sites for hydroxylation is 1. The van der Waals surface area contributed by atoms with Crippen LogP contribution in [-0.2, 0) is 22.4 Å². The number of carbonyl (C=O) groups excluding carboxylic acids is 1. The Morgan fingerprint density at radius 2 is 2.32 bits per heavy atom. The molecule has 7 heteroatoms. The molecule has 0 aliphatic carbocycles. The van der Waals surface area contributed by atoms with Crippen molar-refractivity contribution >= 4 is 23.3 Å². The smallest absolute Gasteiger partial charge is 0.310 e. The van der Waals surface area contributed by atoms with E-state index in [1.807, 2.05) is 13.1 Å². The number of aliphatic imine (C=N–C) groups is 1.